The van der Waals surface area contributed by atoms with Crippen LogP contribution in [0.2, 0.25) is 0 Å². The van der Waals surface area contributed by atoms with E-state index < -0.39 is 0 Å². The Balaban J connectivity index is 3.32. The van der Waals surface area contributed by atoms with Gasteiger partial charge in [0.1, 0.15) is 6.10 Å². The number of ether oxygens (including phenoxy) is 2. The minimum atomic E-state index is -0.270. The largest absolute Gasteiger partial charge is 0.379 e. The fraction of sp³-hybridized carbons (Fsp3) is 0.889. The second kappa shape index (κ2) is 9.85. The van der Waals surface area contributed by atoms with Crippen molar-refractivity contribution in [2.75, 3.05) is 31.8 Å². The molecule has 0 amide bonds. The Morgan fingerprint density at radius 1 is 1.46 bits per heavy atom. The van der Waals surface area contributed by atoms with Crippen molar-refractivity contribution in [2.45, 2.75) is 19.4 Å². The smallest absolute Gasteiger partial charge is 0.144 e. The summed E-state index contributed by atoms with van der Waals surface area (Å²) in [4.78, 5) is 0. The number of nitriles is 1. The van der Waals surface area contributed by atoms with E-state index in [1.165, 1.54) is 0 Å². The summed E-state index contributed by atoms with van der Waals surface area (Å²) >= 11 is 1.73. The molecule has 0 aromatic heterocycles. The molecule has 0 saturated carbocycles. The van der Waals surface area contributed by atoms with Gasteiger partial charge in [-0.1, -0.05) is 0 Å². The van der Waals surface area contributed by atoms with Gasteiger partial charge in [-0.3, -0.25) is 0 Å². The van der Waals surface area contributed by atoms with Gasteiger partial charge in [-0.15, -0.1) is 0 Å². The van der Waals surface area contributed by atoms with Crippen molar-refractivity contribution in [1.82, 2.24) is 0 Å². The molecule has 0 N–H and O–H groups in total. The van der Waals surface area contributed by atoms with Crippen LogP contribution in [0.4, 0.5) is 0 Å². The van der Waals surface area contributed by atoms with Crippen molar-refractivity contribution < 1.29 is 9.47 Å². The molecule has 0 aliphatic rings. The number of rotatable bonds is 8. The van der Waals surface area contributed by atoms with E-state index >= 15 is 0 Å². The molecule has 0 heterocycles. The Hall–Kier alpha value is -0.240. The minimum absolute atomic E-state index is 0.270. The lowest BCUT2D eigenvalue weighted by molar-refractivity contribution is 0.0289. The standard InChI is InChI=1S/C9H17NO2S/c1-3-11-5-6-12-9(8-10)4-7-13-2/h9H,3-7H2,1-2H3. The molecule has 1 unspecified atom stereocenters. The van der Waals surface area contributed by atoms with Crippen LogP contribution in [0.3, 0.4) is 0 Å². The van der Waals surface area contributed by atoms with E-state index in [1.807, 2.05) is 13.2 Å². The Morgan fingerprint density at radius 3 is 2.77 bits per heavy atom. The predicted molar refractivity (Wildman–Crippen MR) is 54.8 cm³/mol. The van der Waals surface area contributed by atoms with Crippen LogP contribution in [-0.2, 0) is 9.47 Å². The molecule has 76 valence electrons. The molecule has 0 rings (SSSR count). The van der Waals surface area contributed by atoms with Crippen molar-refractivity contribution in [3.8, 4) is 6.07 Å². The maximum Gasteiger partial charge on any atom is 0.144 e. The van der Waals surface area contributed by atoms with Crippen molar-refractivity contribution >= 4 is 11.8 Å². The van der Waals surface area contributed by atoms with Gasteiger partial charge in [-0.05, 0) is 25.4 Å². The highest BCUT2D eigenvalue weighted by atomic mass is 32.2. The lowest BCUT2D eigenvalue weighted by Crippen LogP contribution is -2.15. The summed E-state index contributed by atoms with van der Waals surface area (Å²) in [6.45, 7) is 3.73. The van der Waals surface area contributed by atoms with Crippen LogP contribution < -0.4 is 0 Å². The van der Waals surface area contributed by atoms with Crippen LogP contribution in [0.15, 0.2) is 0 Å². The lowest BCUT2D eigenvalue weighted by Gasteiger charge is -2.09. The fourth-order valence-electron chi connectivity index (χ4n) is 0.804. The zero-order valence-electron chi connectivity index (χ0n) is 8.28. The quantitative estimate of drug-likeness (QED) is 0.563. The number of nitrogens with zero attached hydrogens (tertiary/aromatic N) is 1. The second-order valence-electron chi connectivity index (χ2n) is 2.47. The molecule has 0 fully saturated rings. The van der Waals surface area contributed by atoms with E-state index in [2.05, 4.69) is 6.07 Å². The molecule has 0 aliphatic carbocycles. The maximum atomic E-state index is 8.68. The van der Waals surface area contributed by atoms with E-state index in [4.69, 9.17) is 14.7 Å². The Morgan fingerprint density at radius 2 is 2.23 bits per heavy atom. The first-order valence-electron chi connectivity index (χ1n) is 4.43. The van der Waals surface area contributed by atoms with E-state index in [-0.39, 0.29) is 6.10 Å². The summed E-state index contributed by atoms with van der Waals surface area (Å²) in [7, 11) is 0. The molecular formula is C9H17NO2S. The predicted octanol–water partition coefficient (Wildman–Crippen LogP) is 1.68. The summed E-state index contributed by atoms with van der Waals surface area (Å²) in [6.07, 6.45) is 2.55. The second-order valence-corrected chi connectivity index (χ2v) is 3.45. The highest BCUT2D eigenvalue weighted by Crippen LogP contribution is 2.03. The molecule has 1 atom stereocenters. The lowest BCUT2D eigenvalue weighted by atomic mass is 10.3. The summed E-state index contributed by atoms with van der Waals surface area (Å²) in [5, 5.41) is 8.68. The first-order chi connectivity index (χ1) is 6.35. The highest BCUT2D eigenvalue weighted by molar-refractivity contribution is 7.98. The van der Waals surface area contributed by atoms with Gasteiger partial charge in [0.2, 0.25) is 0 Å². The highest BCUT2D eigenvalue weighted by Gasteiger charge is 2.05. The van der Waals surface area contributed by atoms with Crippen LogP contribution in [0.1, 0.15) is 13.3 Å². The van der Waals surface area contributed by atoms with E-state index in [0.29, 0.717) is 19.8 Å². The van der Waals surface area contributed by atoms with Crippen LogP contribution in [0, 0.1) is 11.3 Å². The van der Waals surface area contributed by atoms with Gasteiger partial charge in [0.05, 0.1) is 19.3 Å². The molecule has 0 radical (unpaired) electrons. The van der Waals surface area contributed by atoms with Crippen LogP contribution in [0.25, 0.3) is 0 Å². The van der Waals surface area contributed by atoms with E-state index in [9.17, 15) is 0 Å². The normalized spacial score (nSPS) is 12.4. The van der Waals surface area contributed by atoms with Gasteiger partial charge in [-0.25, -0.2) is 0 Å². The zero-order valence-corrected chi connectivity index (χ0v) is 9.10. The number of hydrogen-bond acceptors (Lipinski definition) is 4. The van der Waals surface area contributed by atoms with Gasteiger partial charge in [0.25, 0.3) is 0 Å². The van der Waals surface area contributed by atoms with Crippen molar-refractivity contribution in [3.05, 3.63) is 0 Å². The summed E-state index contributed by atoms with van der Waals surface area (Å²) < 4.78 is 10.4. The van der Waals surface area contributed by atoms with Crippen molar-refractivity contribution in [3.63, 3.8) is 0 Å². The summed E-state index contributed by atoms with van der Waals surface area (Å²) in [5.74, 6) is 0.965. The topological polar surface area (TPSA) is 42.2 Å². The molecule has 3 nitrogen and oxygen atoms in total. The molecule has 0 spiro atoms. The molecule has 0 bridgehead atoms. The van der Waals surface area contributed by atoms with Crippen LogP contribution in [0.5, 0.6) is 0 Å². The minimum Gasteiger partial charge on any atom is -0.379 e. The molecule has 4 heteroatoms. The molecular weight excluding hydrogens is 186 g/mol. The van der Waals surface area contributed by atoms with Gasteiger partial charge in [0.15, 0.2) is 0 Å². The molecule has 0 aromatic carbocycles. The van der Waals surface area contributed by atoms with Crippen molar-refractivity contribution in [2.24, 2.45) is 0 Å². The number of hydrogen-bond donors (Lipinski definition) is 0. The summed E-state index contributed by atoms with van der Waals surface area (Å²) in [6, 6.07) is 2.12. The van der Waals surface area contributed by atoms with Gasteiger partial charge in [-0.2, -0.15) is 17.0 Å². The Labute approximate surface area is 84.4 Å². The average Bonchev–Trinajstić information content (AvgIpc) is 2.17. The Bertz CT molecular complexity index is 147. The molecule has 0 aliphatic heterocycles. The first kappa shape index (κ1) is 12.8. The third-order valence-electron chi connectivity index (χ3n) is 1.48. The zero-order chi connectivity index (χ0) is 9.94. The molecule has 0 aromatic rings. The maximum absolute atomic E-state index is 8.68. The number of thioether (sulfide) groups is 1. The average molecular weight is 203 g/mol. The van der Waals surface area contributed by atoms with Gasteiger partial charge >= 0.3 is 0 Å². The first-order valence-corrected chi connectivity index (χ1v) is 5.82. The van der Waals surface area contributed by atoms with Gasteiger partial charge < -0.3 is 9.47 Å². The van der Waals surface area contributed by atoms with Crippen LogP contribution in [-0.4, -0.2) is 37.9 Å². The van der Waals surface area contributed by atoms with E-state index in [1.54, 1.807) is 11.8 Å². The fourth-order valence-corrected chi connectivity index (χ4v) is 1.25. The monoisotopic (exact) mass is 203 g/mol. The molecule has 0 saturated heterocycles. The van der Waals surface area contributed by atoms with Gasteiger partial charge in [0, 0.05) is 6.61 Å². The molecule has 13 heavy (non-hydrogen) atoms. The van der Waals surface area contributed by atoms with Crippen molar-refractivity contribution in [1.29, 1.82) is 5.26 Å². The van der Waals surface area contributed by atoms with Crippen LogP contribution >= 0.6 is 11.8 Å². The SMILES string of the molecule is CCOCCOC(C#N)CCSC. The summed E-state index contributed by atoms with van der Waals surface area (Å²) in [5.41, 5.74) is 0. The third-order valence-corrected chi connectivity index (χ3v) is 2.12. The van der Waals surface area contributed by atoms with E-state index in [0.717, 1.165) is 12.2 Å². The Kier molecular flexibility index (Phi) is 9.66. The third kappa shape index (κ3) is 8.10.